The van der Waals surface area contributed by atoms with Gasteiger partial charge in [0.25, 0.3) is 0 Å². The molecule has 0 aliphatic rings. The predicted octanol–water partition coefficient (Wildman–Crippen LogP) is 0.688. The Bertz CT molecular complexity index is 94.2. The Labute approximate surface area is 54.0 Å². The van der Waals surface area contributed by atoms with Crippen LogP contribution in [0.2, 0.25) is 0 Å². The molecule has 0 bridgehead atoms. The highest BCUT2D eigenvalue weighted by Crippen LogP contribution is 1.88. The van der Waals surface area contributed by atoms with E-state index >= 15 is 0 Å². The maximum atomic E-state index is 9.81. The van der Waals surface area contributed by atoms with E-state index in [0.717, 1.165) is 0 Å². The van der Waals surface area contributed by atoms with Crippen molar-refractivity contribution in [2.45, 2.75) is 20.0 Å². The molecular formula is C5H11NO3. The van der Waals surface area contributed by atoms with Gasteiger partial charge in [-0.15, -0.1) is 0 Å². The molecule has 0 aliphatic carbocycles. The van der Waals surface area contributed by atoms with Gasteiger partial charge in [0.15, 0.2) is 0 Å². The Kier molecular flexibility index (Phi) is 3.96. The molecule has 0 radical (unpaired) electrons. The largest absolute Gasteiger partial charge is 0.372 e. The normalized spacial score (nSPS) is 13.1. The number of ether oxygens (including phenoxy) is 1. The number of nitro groups is 1. The molecule has 0 fully saturated rings. The second-order valence-electron chi connectivity index (χ2n) is 1.78. The molecule has 0 saturated carbocycles. The Morgan fingerprint density at radius 2 is 2.33 bits per heavy atom. The smallest absolute Gasteiger partial charge is 0.229 e. The second-order valence-corrected chi connectivity index (χ2v) is 1.78. The molecule has 0 spiro atoms. The summed E-state index contributed by atoms with van der Waals surface area (Å²) >= 11 is 0. The van der Waals surface area contributed by atoms with E-state index in [0.29, 0.717) is 6.61 Å². The van der Waals surface area contributed by atoms with Crippen LogP contribution in [-0.4, -0.2) is 24.2 Å². The van der Waals surface area contributed by atoms with Crippen molar-refractivity contribution >= 4 is 0 Å². The fourth-order valence-corrected chi connectivity index (χ4v) is 0.547. The van der Waals surface area contributed by atoms with Crippen LogP contribution in [0.15, 0.2) is 0 Å². The van der Waals surface area contributed by atoms with Crippen LogP contribution in [0.4, 0.5) is 0 Å². The van der Waals surface area contributed by atoms with Gasteiger partial charge < -0.3 is 4.74 Å². The van der Waals surface area contributed by atoms with Gasteiger partial charge in [0.05, 0.1) is 0 Å². The van der Waals surface area contributed by atoms with Crippen LogP contribution >= 0.6 is 0 Å². The summed E-state index contributed by atoms with van der Waals surface area (Å²) in [5.74, 6) is 0. The van der Waals surface area contributed by atoms with Gasteiger partial charge in [-0.1, -0.05) is 0 Å². The molecular weight excluding hydrogens is 122 g/mol. The maximum Gasteiger partial charge on any atom is 0.229 e. The molecule has 0 N–H and O–H groups in total. The molecule has 0 aliphatic heterocycles. The Hall–Kier alpha value is -0.640. The van der Waals surface area contributed by atoms with Gasteiger partial charge in [-0.3, -0.25) is 10.1 Å². The van der Waals surface area contributed by atoms with E-state index in [-0.39, 0.29) is 17.6 Å². The highest BCUT2D eigenvalue weighted by Gasteiger charge is 2.06. The van der Waals surface area contributed by atoms with Gasteiger partial charge in [0.1, 0.15) is 6.10 Å². The SMILES string of the molecule is CCOC(C)C[N+](=O)[O-]. The molecule has 1 unspecified atom stereocenters. The number of nitrogens with zero attached hydrogens (tertiary/aromatic N) is 1. The number of rotatable bonds is 4. The average Bonchev–Trinajstić information content (AvgIpc) is 1.63. The molecule has 0 saturated heterocycles. The summed E-state index contributed by atoms with van der Waals surface area (Å²) < 4.78 is 4.91. The topological polar surface area (TPSA) is 52.4 Å². The third-order valence-corrected chi connectivity index (χ3v) is 0.857. The Morgan fingerprint density at radius 3 is 2.67 bits per heavy atom. The van der Waals surface area contributed by atoms with E-state index in [9.17, 15) is 10.1 Å². The molecule has 0 aromatic carbocycles. The summed E-state index contributed by atoms with van der Waals surface area (Å²) in [6.45, 7) is 3.94. The molecule has 0 amide bonds. The van der Waals surface area contributed by atoms with E-state index in [4.69, 9.17) is 4.74 Å². The summed E-state index contributed by atoms with van der Waals surface area (Å²) in [6, 6.07) is 0. The minimum atomic E-state index is -0.375. The molecule has 4 nitrogen and oxygen atoms in total. The molecule has 0 aromatic heterocycles. The lowest BCUT2D eigenvalue weighted by Crippen LogP contribution is -2.19. The third-order valence-electron chi connectivity index (χ3n) is 0.857. The van der Waals surface area contributed by atoms with Gasteiger partial charge in [-0.05, 0) is 13.8 Å². The maximum absolute atomic E-state index is 9.81. The zero-order valence-corrected chi connectivity index (χ0v) is 5.66. The first-order chi connectivity index (χ1) is 4.16. The van der Waals surface area contributed by atoms with Gasteiger partial charge >= 0.3 is 0 Å². The van der Waals surface area contributed by atoms with Crippen LogP contribution in [0, 0.1) is 10.1 Å². The van der Waals surface area contributed by atoms with Gasteiger partial charge in [0.2, 0.25) is 6.54 Å². The zero-order valence-electron chi connectivity index (χ0n) is 5.66. The second kappa shape index (κ2) is 4.26. The summed E-state index contributed by atoms with van der Waals surface area (Å²) in [6.07, 6.45) is -0.259. The third kappa shape index (κ3) is 5.23. The van der Waals surface area contributed by atoms with E-state index in [2.05, 4.69) is 0 Å². The summed E-state index contributed by atoms with van der Waals surface area (Å²) in [4.78, 5) is 9.44. The van der Waals surface area contributed by atoms with Crippen molar-refractivity contribution in [1.82, 2.24) is 0 Å². The van der Waals surface area contributed by atoms with Crippen LogP contribution in [0.5, 0.6) is 0 Å². The standard InChI is InChI=1S/C5H11NO3/c1-3-9-5(2)4-6(7)8/h5H,3-4H2,1-2H3. The lowest BCUT2D eigenvalue weighted by molar-refractivity contribution is -0.490. The molecule has 54 valence electrons. The lowest BCUT2D eigenvalue weighted by Gasteiger charge is -2.04. The minimum Gasteiger partial charge on any atom is -0.372 e. The number of hydrogen-bond donors (Lipinski definition) is 0. The molecule has 9 heavy (non-hydrogen) atoms. The minimum absolute atomic E-state index is 0.103. The lowest BCUT2D eigenvalue weighted by atomic mass is 10.4. The first-order valence-corrected chi connectivity index (χ1v) is 2.90. The fourth-order valence-electron chi connectivity index (χ4n) is 0.547. The summed E-state index contributed by atoms with van der Waals surface area (Å²) in [5, 5.41) is 9.81. The van der Waals surface area contributed by atoms with Gasteiger partial charge in [-0.2, -0.15) is 0 Å². The summed E-state index contributed by atoms with van der Waals surface area (Å²) in [5.41, 5.74) is 0. The van der Waals surface area contributed by atoms with E-state index in [1.807, 2.05) is 6.92 Å². The van der Waals surface area contributed by atoms with Crippen LogP contribution in [0.25, 0.3) is 0 Å². The molecule has 0 aromatic rings. The van der Waals surface area contributed by atoms with Crippen molar-refractivity contribution in [3.05, 3.63) is 10.1 Å². The first-order valence-electron chi connectivity index (χ1n) is 2.90. The highest BCUT2D eigenvalue weighted by atomic mass is 16.6. The Morgan fingerprint density at radius 1 is 1.78 bits per heavy atom. The molecule has 0 heterocycles. The van der Waals surface area contributed by atoms with Crippen molar-refractivity contribution in [1.29, 1.82) is 0 Å². The monoisotopic (exact) mass is 133 g/mol. The Balaban J connectivity index is 3.26. The van der Waals surface area contributed by atoms with Crippen molar-refractivity contribution in [3.8, 4) is 0 Å². The fraction of sp³-hybridized carbons (Fsp3) is 1.00. The zero-order chi connectivity index (χ0) is 7.28. The van der Waals surface area contributed by atoms with Crippen molar-refractivity contribution < 1.29 is 9.66 Å². The van der Waals surface area contributed by atoms with Gasteiger partial charge in [-0.25, -0.2) is 0 Å². The molecule has 0 rings (SSSR count). The van der Waals surface area contributed by atoms with Crippen molar-refractivity contribution in [3.63, 3.8) is 0 Å². The number of hydrogen-bond acceptors (Lipinski definition) is 3. The highest BCUT2D eigenvalue weighted by molar-refractivity contribution is 4.43. The van der Waals surface area contributed by atoms with Crippen molar-refractivity contribution in [2.24, 2.45) is 0 Å². The average molecular weight is 133 g/mol. The molecule has 4 heteroatoms. The van der Waals surface area contributed by atoms with Crippen LogP contribution < -0.4 is 0 Å². The van der Waals surface area contributed by atoms with Crippen LogP contribution in [0.3, 0.4) is 0 Å². The van der Waals surface area contributed by atoms with E-state index in [1.54, 1.807) is 6.92 Å². The van der Waals surface area contributed by atoms with Crippen LogP contribution in [-0.2, 0) is 4.74 Å². The van der Waals surface area contributed by atoms with E-state index in [1.165, 1.54) is 0 Å². The van der Waals surface area contributed by atoms with Gasteiger partial charge in [0, 0.05) is 11.5 Å². The van der Waals surface area contributed by atoms with Crippen LogP contribution in [0.1, 0.15) is 13.8 Å². The predicted molar refractivity (Wildman–Crippen MR) is 32.9 cm³/mol. The van der Waals surface area contributed by atoms with Crippen molar-refractivity contribution in [2.75, 3.05) is 13.2 Å². The first kappa shape index (κ1) is 8.36. The van der Waals surface area contributed by atoms with E-state index < -0.39 is 0 Å². The molecule has 1 atom stereocenters. The quantitative estimate of drug-likeness (QED) is 0.418. The summed E-state index contributed by atoms with van der Waals surface area (Å²) in [7, 11) is 0.